The molecule has 1 aliphatic carbocycles. The summed E-state index contributed by atoms with van der Waals surface area (Å²) in [6, 6.07) is 13.1. The molecule has 0 aliphatic heterocycles. The summed E-state index contributed by atoms with van der Waals surface area (Å²) in [7, 11) is 2.83. The molecule has 1 atom stereocenters. The summed E-state index contributed by atoms with van der Waals surface area (Å²) in [5.41, 5.74) is 1.46. The van der Waals surface area contributed by atoms with E-state index in [9.17, 15) is 14.4 Å². The van der Waals surface area contributed by atoms with Crippen molar-refractivity contribution in [3.8, 4) is 11.5 Å². The van der Waals surface area contributed by atoms with Crippen LogP contribution >= 0.6 is 0 Å². The number of rotatable bonds is 8. The summed E-state index contributed by atoms with van der Waals surface area (Å²) in [6.45, 7) is 2.46. The molecule has 33 heavy (non-hydrogen) atoms. The maximum Gasteiger partial charge on any atom is 0.331 e. The Labute approximate surface area is 194 Å². The van der Waals surface area contributed by atoms with E-state index in [-0.39, 0.29) is 18.6 Å². The second kappa shape index (κ2) is 11.0. The molecule has 0 heterocycles. The lowest BCUT2D eigenvalue weighted by Gasteiger charge is -2.30. The van der Waals surface area contributed by atoms with Gasteiger partial charge in [-0.1, -0.05) is 29.8 Å². The van der Waals surface area contributed by atoms with Gasteiger partial charge in [0.1, 0.15) is 11.3 Å². The van der Waals surface area contributed by atoms with E-state index in [2.05, 4.69) is 11.4 Å². The summed E-state index contributed by atoms with van der Waals surface area (Å²) in [5.74, 6) is 0.0814. The lowest BCUT2D eigenvalue weighted by Crippen LogP contribution is -2.54. The van der Waals surface area contributed by atoms with Crippen molar-refractivity contribution in [2.45, 2.75) is 51.0 Å². The van der Waals surface area contributed by atoms with Gasteiger partial charge in [-0.3, -0.25) is 9.59 Å². The summed E-state index contributed by atoms with van der Waals surface area (Å²) < 4.78 is 16.3. The molecule has 2 aromatic carbocycles. The van der Waals surface area contributed by atoms with Gasteiger partial charge in [-0.05, 0) is 49.9 Å². The number of Topliss-reactive ketones (excluding diaryl/α,β-unsaturated/α-hetero) is 1. The van der Waals surface area contributed by atoms with Crippen LogP contribution in [0.5, 0.6) is 11.5 Å². The smallest absolute Gasteiger partial charge is 0.331 e. The Balaban J connectivity index is 1.75. The van der Waals surface area contributed by atoms with Crippen molar-refractivity contribution in [3.63, 3.8) is 0 Å². The minimum atomic E-state index is -1.22. The molecular weight excluding hydrogens is 422 g/mol. The van der Waals surface area contributed by atoms with E-state index < -0.39 is 17.4 Å². The molecule has 176 valence electrons. The molecule has 0 spiro atoms. The van der Waals surface area contributed by atoms with E-state index >= 15 is 0 Å². The van der Waals surface area contributed by atoms with Crippen LogP contribution in [0.15, 0.2) is 42.5 Å². The van der Waals surface area contributed by atoms with Gasteiger partial charge < -0.3 is 19.5 Å². The topological polar surface area (TPSA) is 90.9 Å². The van der Waals surface area contributed by atoms with Crippen LogP contribution in [0, 0.1) is 6.92 Å². The predicted molar refractivity (Wildman–Crippen MR) is 124 cm³/mol. The quantitative estimate of drug-likeness (QED) is 0.483. The van der Waals surface area contributed by atoms with Gasteiger partial charge in [-0.25, -0.2) is 4.79 Å². The van der Waals surface area contributed by atoms with Crippen LogP contribution in [-0.4, -0.2) is 44.0 Å². The van der Waals surface area contributed by atoms with E-state index in [0.29, 0.717) is 49.4 Å². The number of ketones is 1. The molecule has 0 aromatic heterocycles. The first-order valence-corrected chi connectivity index (χ1v) is 11.2. The highest BCUT2D eigenvalue weighted by Gasteiger charge is 2.42. The molecule has 1 N–H and O–H groups in total. The Hall–Kier alpha value is -3.35. The number of ether oxygens (including phenoxy) is 3. The monoisotopic (exact) mass is 453 g/mol. The Morgan fingerprint density at radius 1 is 1.03 bits per heavy atom. The number of methoxy groups -OCH3 is 2. The van der Waals surface area contributed by atoms with Gasteiger partial charge in [0.15, 0.2) is 11.5 Å². The van der Waals surface area contributed by atoms with Crippen LogP contribution in [0.2, 0.25) is 0 Å². The molecular formula is C26H31NO6. The third kappa shape index (κ3) is 6.12. The third-order valence-corrected chi connectivity index (χ3v) is 5.98. The number of aryl methyl sites for hydroxylation is 1. The number of amides is 1. The molecule has 1 aliphatic rings. The number of esters is 1. The average molecular weight is 454 g/mol. The maximum atomic E-state index is 13.1. The molecule has 7 heteroatoms. The van der Waals surface area contributed by atoms with Crippen molar-refractivity contribution >= 4 is 17.7 Å². The Bertz CT molecular complexity index is 1020. The summed E-state index contributed by atoms with van der Waals surface area (Å²) in [4.78, 5) is 37.6. The first-order chi connectivity index (χ1) is 15.9. The van der Waals surface area contributed by atoms with Crippen molar-refractivity contribution in [3.05, 3.63) is 59.2 Å². The highest BCUT2D eigenvalue weighted by atomic mass is 16.5. The van der Waals surface area contributed by atoms with Crippen LogP contribution in [0.1, 0.15) is 53.6 Å². The average Bonchev–Trinajstić information content (AvgIpc) is 3.00. The third-order valence-electron chi connectivity index (χ3n) is 5.98. The van der Waals surface area contributed by atoms with E-state index in [1.165, 1.54) is 19.8 Å². The van der Waals surface area contributed by atoms with Gasteiger partial charge in [0.25, 0.3) is 5.91 Å². The van der Waals surface area contributed by atoms with E-state index in [4.69, 9.17) is 14.2 Å². The molecule has 1 amide bonds. The predicted octanol–water partition coefficient (Wildman–Crippen LogP) is 3.80. The van der Waals surface area contributed by atoms with E-state index in [1.54, 1.807) is 18.2 Å². The summed E-state index contributed by atoms with van der Waals surface area (Å²) in [6.07, 6.45) is 2.43. The Morgan fingerprint density at radius 3 is 2.58 bits per heavy atom. The highest BCUT2D eigenvalue weighted by Crippen LogP contribution is 2.30. The number of carbonyl (C=O) groups excluding carboxylic acids is 3. The van der Waals surface area contributed by atoms with Crippen LogP contribution in [-0.2, 0) is 20.7 Å². The molecule has 1 fully saturated rings. The molecule has 3 rings (SSSR count). The SMILES string of the molecule is COC(=O)C1(NC(=O)c2ccc(OC)c(OCCc3cccc(C)c3)c2)CCCC(=O)CC1. The molecule has 7 nitrogen and oxygen atoms in total. The van der Waals surface area contributed by atoms with Crippen molar-refractivity contribution in [1.82, 2.24) is 5.32 Å². The number of hydrogen-bond acceptors (Lipinski definition) is 6. The summed E-state index contributed by atoms with van der Waals surface area (Å²) in [5, 5.41) is 2.85. The van der Waals surface area contributed by atoms with Gasteiger partial charge in [0, 0.05) is 24.8 Å². The largest absolute Gasteiger partial charge is 0.493 e. The standard InChI is InChI=1S/C26H31NO6/c1-18-6-4-7-19(16-18)12-15-33-23-17-20(9-10-22(23)31-2)24(29)27-26(25(30)32-3)13-5-8-21(28)11-14-26/h4,6-7,9-10,16-17H,5,8,11-15H2,1-3H3,(H,27,29). The fourth-order valence-electron chi connectivity index (χ4n) is 4.13. The first-order valence-electron chi connectivity index (χ1n) is 11.2. The number of benzene rings is 2. The second-order valence-electron chi connectivity index (χ2n) is 8.37. The van der Waals surface area contributed by atoms with E-state index in [1.807, 2.05) is 25.1 Å². The highest BCUT2D eigenvalue weighted by molar-refractivity contribution is 5.99. The van der Waals surface area contributed by atoms with Gasteiger partial charge in [-0.15, -0.1) is 0 Å². The molecule has 0 radical (unpaired) electrons. The van der Waals surface area contributed by atoms with Crippen LogP contribution in [0.25, 0.3) is 0 Å². The first kappa shape index (κ1) is 24.3. The van der Waals surface area contributed by atoms with Crippen molar-refractivity contribution in [2.24, 2.45) is 0 Å². The van der Waals surface area contributed by atoms with E-state index in [0.717, 1.165) is 5.56 Å². The van der Waals surface area contributed by atoms with Crippen molar-refractivity contribution in [1.29, 1.82) is 0 Å². The van der Waals surface area contributed by atoms with Crippen molar-refractivity contribution < 1.29 is 28.6 Å². The fraction of sp³-hybridized carbons (Fsp3) is 0.423. The Kier molecular flexibility index (Phi) is 8.09. The van der Waals surface area contributed by atoms with Gasteiger partial charge in [0.05, 0.1) is 20.8 Å². The zero-order valence-electron chi connectivity index (χ0n) is 19.4. The summed E-state index contributed by atoms with van der Waals surface area (Å²) >= 11 is 0. The van der Waals surface area contributed by atoms with Crippen molar-refractivity contribution in [2.75, 3.05) is 20.8 Å². The lowest BCUT2D eigenvalue weighted by molar-refractivity contribution is -0.148. The molecule has 0 bridgehead atoms. The second-order valence-corrected chi connectivity index (χ2v) is 8.37. The zero-order chi connectivity index (χ0) is 23.8. The van der Waals surface area contributed by atoms with Crippen LogP contribution in [0.3, 0.4) is 0 Å². The number of carbonyl (C=O) groups is 3. The Morgan fingerprint density at radius 2 is 1.85 bits per heavy atom. The van der Waals surface area contributed by atoms with Gasteiger partial charge in [0.2, 0.25) is 0 Å². The minimum absolute atomic E-state index is 0.0868. The number of hydrogen-bond donors (Lipinski definition) is 1. The van der Waals surface area contributed by atoms with Crippen LogP contribution < -0.4 is 14.8 Å². The fourth-order valence-corrected chi connectivity index (χ4v) is 4.13. The number of nitrogens with one attached hydrogen (secondary N) is 1. The normalized spacial score (nSPS) is 18.2. The molecule has 2 aromatic rings. The molecule has 1 unspecified atom stereocenters. The molecule has 1 saturated carbocycles. The van der Waals surface area contributed by atoms with Gasteiger partial charge >= 0.3 is 5.97 Å². The minimum Gasteiger partial charge on any atom is -0.493 e. The van der Waals surface area contributed by atoms with Gasteiger partial charge in [-0.2, -0.15) is 0 Å². The zero-order valence-corrected chi connectivity index (χ0v) is 19.4. The lowest BCUT2D eigenvalue weighted by atomic mass is 9.89. The van der Waals surface area contributed by atoms with Crippen LogP contribution in [0.4, 0.5) is 0 Å². The maximum absolute atomic E-state index is 13.1. The molecule has 0 saturated heterocycles.